The van der Waals surface area contributed by atoms with Gasteiger partial charge in [-0.1, -0.05) is 0 Å². The number of aliphatic hydroxyl groups excluding tert-OH is 1. The van der Waals surface area contributed by atoms with Crippen LogP contribution in [0, 0.1) is 0 Å². The van der Waals surface area contributed by atoms with E-state index < -0.39 is 23.8 Å². The molecule has 2 unspecified atom stereocenters. The van der Waals surface area contributed by atoms with Crippen LogP contribution < -0.4 is 0 Å². The lowest BCUT2D eigenvalue weighted by molar-refractivity contribution is -0.236. The molecule has 3 aliphatic rings. The van der Waals surface area contributed by atoms with Crippen molar-refractivity contribution in [3.8, 4) is 0 Å². The van der Waals surface area contributed by atoms with Gasteiger partial charge in [0.15, 0.2) is 12.1 Å². The number of hydrogen-bond acceptors (Lipinski definition) is 5. The predicted octanol–water partition coefficient (Wildman–Crippen LogP) is 0.0126. The van der Waals surface area contributed by atoms with Crippen molar-refractivity contribution < 1.29 is 24.1 Å². The summed E-state index contributed by atoms with van der Waals surface area (Å²) in [5, 5.41) is 9.63. The molecule has 86 valence electrons. The van der Waals surface area contributed by atoms with Crippen molar-refractivity contribution in [3.05, 3.63) is 0 Å². The van der Waals surface area contributed by atoms with Crippen LogP contribution in [0.5, 0.6) is 0 Å². The largest absolute Gasteiger partial charge is 0.390 e. The standard InChI is InChI=1S/C10H16O5/c1-9(2)13-6-7(14-9)10(4-5(10)11)15-8(6)12-3/h5-8,11H,4H2,1-3H3/t5-,6+,7?,8?,10+/m1/s1. The maximum Gasteiger partial charge on any atom is 0.187 e. The third kappa shape index (κ3) is 1.21. The van der Waals surface area contributed by atoms with Gasteiger partial charge >= 0.3 is 0 Å². The molecule has 2 saturated heterocycles. The van der Waals surface area contributed by atoms with Gasteiger partial charge in [-0.25, -0.2) is 0 Å². The molecule has 0 aromatic rings. The first-order valence-electron chi connectivity index (χ1n) is 5.23. The Hall–Kier alpha value is -0.200. The van der Waals surface area contributed by atoms with Gasteiger partial charge < -0.3 is 24.1 Å². The minimum atomic E-state index is -0.620. The number of rotatable bonds is 1. The van der Waals surface area contributed by atoms with Crippen LogP contribution in [0.1, 0.15) is 20.3 Å². The molecule has 15 heavy (non-hydrogen) atoms. The average Bonchev–Trinajstić information content (AvgIpc) is 2.53. The van der Waals surface area contributed by atoms with E-state index in [1.54, 1.807) is 7.11 Å². The second-order valence-electron chi connectivity index (χ2n) is 4.92. The maximum absolute atomic E-state index is 9.63. The van der Waals surface area contributed by atoms with Gasteiger partial charge in [0.05, 0.1) is 6.10 Å². The summed E-state index contributed by atoms with van der Waals surface area (Å²) < 4.78 is 22.3. The molecule has 2 heterocycles. The normalized spacial score (nSPS) is 56.0. The van der Waals surface area contributed by atoms with Gasteiger partial charge in [-0.3, -0.25) is 0 Å². The first-order chi connectivity index (χ1) is 6.98. The Balaban J connectivity index is 1.88. The molecule has 1 aliphatic carbocycles. The molecular formula is C10H16O5. The van der Waals surface area contributed by atoms with Gasteiger partial charge in [0.25, 0.3) is 0 Å². The van der Waals surface area contributed by atoms with E-state index in [0.717, 1.165) is 0 Å². The van der Waals surface area contributed by atoms with Crippen LogP contribution in [-0.2, 0) is 18.9 Å². The van der Waals surface area contributed by atoms with Crippen molar-refractivity contribution in [2.24, 2.45) is 0 Å². The van der Waals surface area contributed by atoms with Crippen molar-refractivity contribution in [1.29, 1.82) is 0 Å². The van der Waals surface area contributed by atoms with E-state index in [2.05, 4.69) is 0 Å². The van der Waals surface area contributed by atoms with Crippen molar-refractivity contribution in [1.82, 2.24) is 0 Å². The van der Waals surface area contributed by atoms with E-state index in [-0.39, 0.29) is 12.2 Å². The van der Waals surface area contributed by atoms with Crippen molar-refractivity contribution in [2.45, 2.75) is 56.3 Å². The van der Waals surface area contributed by atoms with Crippen LogP contribution >= 0.6 is 0 Å². The molecular weight excluding hydrogens is 200 g/mol. The summed E-state index contributed by atoms with van der Waals surface area (Å²) in [6.07, 6.45) is -0.737. The van der Waals surface area contributed by atoms with Crippen LogP contribution in [0.25, 0.3) is 0 Å². The lowest BCUT2D eigenvalue weighted by Crippen LogP contribution is -2.34. The summed E-state index contributed by atoms with van der Waals surface area (Å²) in [6, 6.07) is 0. The molecule has 1 N–H and O–H groups in total. The second kappa shape index (κ2) is 2.73. The summed E-state index contributed by atoms with van der Waals surface area (Å²) in [5.41, 5.74) is -0.584. The Labute approximate surface area is 88.3 Å². The Morgan fingerprint density at radius 3 is 2.47 bits per heavy atom. The topological polar surface area (TPSA) is 57.2 Å². The summed E-state index contributed by atoms with van der Waals surface area (Å²) in [5.74, 6) is -0.620. The zero-order chi connectivity index (χ0) is 10.8. The lowest BCUT2D eigenvalue weighted by Gasteiger charge is -2.23. The van der Waals surface area contributed by atoms with Gasteiger partial charge in [-0.15, -0.1) is 0 Å². The van der Waals surface area contributed by atoms with Gasteiger partial charge in [-0.05, 0) is 13.8 Å². The summed E-state index contributed by atoms with van der Waals surface area (Å²) in [7, 11) is 1.57. The Bertz CT molecular complexity index is 292. The van der Waals surface area contributed by atoms with Crippen LogP contribution in [0.3, 0.4) is 0 Å². The number of methoxy groups -OCH3 is 1. The molecule has 2 aliphatic heterocycles. The van der Waals surface area contributed by atoms with Gasteiger partial charge in [0.1, 0.15) is 17.8 Å². The first-order valence-corrected chi connectivity index (χ1v) is 5.23. The molecule has 5 nitrogen and oxygen atoms in total. The molecule has 0 bridgehead atoms. The van der Waals surface area contributed by atoms with Crippen molar-refractivity contribution >= 4 is 0 Å². The zero-order valence-corrected chi connectivity index (χ0v) is 9.10. The molecule has 0 aromatic heterocycles. The highest BCUT2D eigenvalue weighted by atomic mass is 16.8. The summed E-state index contributed by atoms with van der Waals surface area (Å²) >= 11 is 0. The predicted molar refractivity (Wildman–Crippen MR) is 49.1 cm³/mol. The van der Waals surface area contributed by atoms with Crippen LogP contribution in [0.4, 0.5) is 0 Å². The number of hydrogen-bond donors (Lipinski definition) is 1. The smallest absolute Gasteiger partial charge is 0.187 e. The fourth-order valence-electron chi connectivity index (χ4n) is 2.57. The van der Waals surface area contributed by atoms with E-state index in [1.165, 1.54) is 0 Å². The lowest BCUT2D eigenvalue weighted by atomic mass is 10.1. The van der Waals surface area contributed by atoms with E-state index in [0.29, 0.717) is 6.42 Å². The minimum absolute atomic E-state index is 0.215. The molecule has 0 aromatic carbocycles. The Kier molecular flexibility index (Phi) is 1.81. The SMILES string of the molecule is COC1O[C@]2(C[C@H]2O)C2OC(C)(C)O[C@H]12. The quantitative estimate of drug-likeness (QED) is 0.669. The second-order valence-corrected chi connectivity index (χ2v) is 4.92. The number of ether oxygens (including phenoxy) is 4. The maximum atomic E-state index is 9.63. The molecule has 1 saturated carbocycles. The minimum Gasteiger partial charge on any atom is -0.390 e. The highest BCUT2D eigenvalue weighted by Crippen LogP contribution is 2.56. The van der Waals surface area contributed by atoms with Crippen molar-refractivity contribution in [3.63, 3.8) is 0 Å². The average molecular weight is 216 g/mol. The van der Waals surface area contributed by atoms with Crippen LogP contribution in [0.2, 0.25) is 0 Å². The fraction of sp³-hybridized carbons (Fsp3) is 1.00. The van der Waals surface area contributed by atoms with Crippen LogP contribution in [0.15, 0.2) is 0 Å². The number of fused-ring (bicyclic) bond motifs is 2. The molecule has 1 spiro atoms. The van der Waals surface area contributed by atoms with Crippen molar-refractivity contribution in [2.75, 3.05) is 7.11 Å². The van der Waals surface area contributed by atoms with Gasteiger partial charge in [0, 0.05) is 13.5 Å². The first kappa shape index (κ1) is 9.99. The molecule has 0 amide bonds. The monoisotopic (exact) mass is 216 g/mol. The Morgan fingerprint density at radius 1 is 1.27 bits per heavy atom. The molecule has 0 radical (unpaired) electrons. The van der Waals surface area contributed by atoms with Gasteiger partial charge in [-0.2, -0.15) is 0 Å². The van der Waals surface area contributed by atoms with E-state index >= 15 is 0 Å². The molecule has 5 atom stereocenters. The van der Waals surface area contributed by atoms with E-state index in [1.807, 2.05) is 13.8 Å². The van der Waals surface area contributed by atoms with E-state index in [9.17, 15) is 5.11 Å². The molecule has 5 heteroatoms. The third-order valence-electron chi connectivity index (χ3n) is 3.36. The molecule has 3 rings (SSSR count). The number of aliphatic hydroxyl groups is 1. The Morgan fingerprint density at radius 2 is 1.93 bits per heavy atom. The zero-order valence-electron chi connectivity index (χ0n) is 9.10. The summed E-state index contributed by atoms with van der Waals surface area (Å²) in [6.45, 7) is 3.72. The highest BCUT2D eigenvalue weighted by molar-refractivity contribution is 5.19. The van der Waals surface area contributed by atoms with E-state index in [4.69, 9.17) is 18.9 Å². The summed E-state index contributed by atoms with van der Waals surface area (Å²) in [4.78, 5) is 0. The highest BCUT2D eigenvalue weighted by Gasteiger charge is 2.73. The van der Waals surface area contributed by atoms with Crippen LogP contribution in [-0.4, -0.2) is 48.2 Å². The third-order valence-corrected chi connectivity index (χ3v) is 3.36. The van der Waals surface area contributed by atoms with Gasteiger partial charge in [0.2, 0.25) is 0 Å². The molecule has 3 fully saturated rings. The fourth-order valence-corrected chi connectivity index (χ4v) is 2.57.